The number of hydrogen-bond donors (Lipinski definition) is 0. The Labute approximate surface area is 144 Å². The smallest absolute Gasteiger partial charge is 0.260 e. The number of nitrogens with zero attached hydrogens (tertiary/aromatic N) is 4. The van der Waals surface area contributed by atoms with Crippen LogP contribution in [-0.4, -0.2) is 32.8 Å². The van der Waals surface area contributed by atoms with Crippen LogP contribution in [0.25, 0.3) is 22.5 Å². The summed E-state index contributed by atoms with van der Waals surface area (Å²) in [5.41, 5.74) is 1.26. The highest BCUT2D eigenvalue weighted by molar-refractivity contribution is 5.79. The summed E-state index contributed by atoms with van der Waals surface area (Å²) in [6, 6.07) is 2.92. The van der Waals surface area contributed by atoms with Gasteiger partial charge in [0.2, 0.25) is 0 Å². The number of benzene rings is 1. The van der Waals surface area contributed by atoms with Crippen LogP contribution in [0.1, 0.15) is 38.9 Å². The second kappa shape index (κ2) is 5.84. The Morgan fingerprint density at radius 2 is 1.84 bits per heavy atom. The third kappa shape index (κ3) is 2.89. The topological polar surface area (TPSA) is 73.9 Å². The van der Waals surface area contributed by atoms with E-state index >= 15 is 0 Å². The van der Waals surface area contributed by atoms with Crippen LogP contribution < -0.4 is 0 Å². The summed E-state index contributed by atoms with van der Waals surface area (Å²) in [6.07, 6.45) is 3.92. The average molecular weight is 342 g/mol. The van der Waals surface area contributed by atoms with Gasteiger partial charge in [-0.05, 0) is 17.9 Å². The van der Waals surface area contributed by atoms with Crippen molar-refractivity contribution in [2.24, 2.45) is 5.41 Å². The Kier molecular flexibility index (Phi) is 3.76. The average Bonchev–Trinajstić information content (AvgIpc) is 3.22. The lowest BCUT2D eigenvalue weighted by atomic mass is 9.81. The fraction of sp³-hybridized carbons (Fsp3) is 0.444. The molecule has 3 heterocycles. The van der Waals surface area contributed by atoms with Crippen molar-refractivity contribution in [3.63, 3.8) is 0 Å². The molecule has 3 aromatic rings. The normalized spacial score (nSPS) is 21.1. The molecule has 25 heavy (non-hydrogen) atoms. The van der Waals surface area contributed by atoms with E-state index in [2.05, 4.69) is 40.9 Å². The number of rotatable bonds is 2. The predicted molar refractivity (Wildman–Crippen MR) is 89.3 cm³/mol. The molecule has 130 valence electrons. The molecule has 1 aromatic carbocycles. The number of aromatic nitrogens is 4. The van der Waals surface area contributed by atoms with E-state index in [1.165, 1.54) is 12.3 Å². The van der Waals surface area contributed by atoms with Crippen molar-refractivity contribution in [3.05, 3.63) is 36.2 Å². The lowest BCUT2D eigenvalue weighted by Crippen LogP contribution is -2.30. The van der Waals surface area contributed by atoms with E-state index in [-0.39, 0.29) is 28.9 Å². The van der Waals surface area contributed by atoms with Gasteiger partial charge in [-0.2, -0.15) is 4.98 Å². The summed E-state index contributed by atoms with van der Waals surface area (Å²) in [5.74, 6) is 0.296. The second-order valence-corrected chi connectivity index (χ2v) is 7.39. The molecule has 0 N–H and O–H groups in total. The van der Waals surface area contributed by atoms with E-state index in [1.807, 2.05) is 0 Å². The van der Waals surface area contributed by atoms with Crippen molar-refractivity contribution in [1.29, 1.82) is 0 Å². The van der Waals surface area contributed by atoms with Crippen LogP contribution in [0.4, 0.5) is 4.39 Å². The fourth-order valence-corrected chi connectivity index (χ4v) is 3.35. The Hall–Kier alpha value is -2.41. The molecule has 1 aliphatic rings. The van der Waals surface area contributed by atoms with Crippen molar-refractivity contribution in [3.8, 4) is 11.5 Å². The molecule has 0 amide bonds. The fourth-order valence-electron chi connectivity index (χ4n) is 3.35. The monoisotopic (exact) mass is 342 g/mol. The highest BCUT2D eigenvalue weighted by atomic mass is 19.1. The molecule has 0 aliphatic carbocycles. The van der Waals surface area contributed by atoms with E-state index in [0.29, 0.717) is 23.5 Å². The first-order valence-corrected chi connectivity index (χ1v) is 8.29. The molecule has 6 nitrogen and oxygen atoms in total. The van der Waals surface area contributed by atoms with E-state index in [4.69, 9.17) is 9.26 Å². The molecular formula is C18H19FN4O2. The molecule has 4 rings (SSSR count). The van der Waals surface area contributed by atoms with Crippen LogP contribution in [-0.2, 0) is 4.74 Å². The molecule has 1 saturated heterocycles. The van der Waals surface area contributed by atoms with Crippen molar-refractivity contribution in [1.82, 2.24) is 20.1 Å². The Morgan fingerprint density at radius 3 is 2.56 bits per heavy atom. The summed E-state index contributed by atoms with van der Waals surface area (Å²) < 4.78 is 25.7. The molecule has 0 bridgehead atoms. The van der Waals surface area contributed by atoms with E-state index in [0.717, 1.165) is 6.42 Å². The second-order valence-electron chi connectivity index (χ2n) is 7.39. The summed E-state index contributed by atoms with van der Waals surface area (Å²) in [4.78, 5) is 12.7. The van der Waals surface area contributed by atoms with Gasteiger partial charge in [0.05, 0.1) is 28.6 Å². The highest BCUT2D eigenvalue weighted by Crippen LogP contribution is 2.40. The van der Waals surface area contributed by atoms with E-state index in [9.17, 15) is 4.39 Å². The number of halogens is 1. The van der Waals surface area contributed by atoms with Gasteiger partial charge in [-0.3, -0.25) is 9.97 Å². The third-order valence-electron chi connectivity index (χ3n) is 4.51. The number of hydrogen-bond acceptors (Lipinski definition) is 6. The van der Waals surface area contributed by atoms with Crippen molar-refractivity contribution < 1.29 is 13.7 Å². The van der Waals surface area contributed by atoms with Crippen LogP contribution in [0, 0.1) is 11.2 Å². The quantitative estimate of drug-likeness (QED) is 0.706. The zero-order valence-electron chi connectivity index (χ0n) is 14.4. The summed E-state index contributed by atoms with van der Waals surface area (Å²) in [5, 5.41) is 4.09. The first-order valence-electron chi connectivity index (χ1n) is 8.29. The van der Waals surface area contributed by atoms with Crippen LogP contribution in [0.3, 0.4) is 0 Å². The van der Waals surface area contributed by atoms with Crippen LogP contribution >= 0.6 is 0 Å². The van der Waals surface area contributed by atoms with Crippen LogP contribution in [0.2, 0.25) is 0 Å². The molecule has 2 aromatic heterocycles. The van der Waals surface area contributed by atoms with Crippen molar-refractivity contribution in [2.75, 3.05) is 6.61 Å². The molecular weight excluding hydrogens is 323 g/mol. The molecule has 0 spiro atoms. The van der Waals surface area contributed by atoms with Crippen molar-refractivity contribution in [2.45, 2.75) is 39.2 Å². The van der Waals surface area contributed by atoms with Gasteiger partial charge >= 0.3 is 0 Å². The molecule has 0 radical (unpaired) electrons. The molecule has 7 heteroatoms. The maximum atomic E-state index is 14.4. The Balaban J connectivity index is 1.71. The van der Waals surface area contributed by atoms with Gasteiger partial charge in [0.1, 0.15) is 5.82 Å². The number of ether oxygens (including phenoxy) is 1. The van der Waals surface area contributed by atoms with Gasteiger partial charge in [-0.25, -0.2) is 4.39 Å². The lowest BCUT2D eigenvalue weighted by Gasteiger charge is -2.29. The zero-order valence-corrected chi connectivity index (χ0v) is 14.4. The Morgan fingerprint density at radius 1 is 1.12 bits per heavy atom. The SMILES string of the molecule is CC(C)(C)[C@H]1OCC[C@@H]1c1noc(-c2cc3nccnc3cc2F)n1. The van der Waals surface area contributed by atoms with Gasteiger partial charge in [-0.15, -0.1) is 0 Å². The van der Waals surface area contributed by atoms with Gasteiger partial charge in [0.25, 0.3) is 5.89 Å². The third-order valence-corrected chi connectivity index (χ3v) is 4.51. The maximum absolute atomic E-state index is 14.4. The van der Waals surface area contributed by atoms with Crippen LogP contribution in [0.5, 0.6) is 0 Å². The molecule has 1 aliphatic heterocycles. The predicted octanol–water partition coefficient (Wildman–Crippen LogP) is 3.74. The first-order chi connectivity index (χ1) is 11.9. The minimum atomic E-state index is -0.460. The molecule has 2 atom stereocenters. The minimum absolute atomic E-state index is 0.00488. The minimum Gasteiger partial charge on any atom is -0.377 e. The van der Waals surface area contributed by atoms with Gasteiger partial charge < -0.3 is 9.26 Å². The van der Waals surface area contributed by atoms with Crippen LogP contribution in [0.15, 0.2) is 29.0 Å². The highest BCUT2D eigenvalue weighted by Gasteiger charge is 2.40. The first kappa shape index (κ1) is 16.1. The standard InChI is InChI=1S/C18H19FN4O2/c1-18(2,3)15-10(4-7-24-15)16-22-17(25-23-16)11-8-13-14(9-12(11)19)21-6-5-20-13/h5-6,8-10,15H,4,7H2,1-3H3/t10-,15-/m0/s1. The Bertz CT molecular complexity index is 919. The maximum Gasteiger partial charge on any atom is 0.260 e. The van der Waals surface area contributed by atoms with Gasteiger partial charge in [-0.1, -0.05) is 25.9 Å². The summed E-state index contributed by atoms with van der Waals surface area (Å²) in [7, 11) is 0. The number of fused-ring (bicyclic) bond motifs is 1. The molecule has 0 saturated carbocycles. The lowest BCUT2D eigenvalue weighted by molar-refractivity contribution is 0.0193. The van der Waals surface area contributed by atoms with Gasteiger partial charge in [0, 0.05) is 25.1 Å². The van der Waals surface area contributed by atoms with E-state index in [1.54, 1.807) is 12.3 Å². The summed E-state index contributed by atoms with van der Waals surface area (Å²) >= 11 is 0. The largest absolute Gasteiger partial charge is 0.377 e. The van der Waals surface area contributed by atoms with E-state index < -0.39 is 5.82 Å². The van der Waals surface area contributed by atoms with Crippen molar-refractivity contribution >= 4 is 11.0 Å². The zero-order chi connectivity index (χ0) is 17.6. The summed E-state index contributed by atoms with van der Waals surface area (Å²) in [6.45, 7) is 7.03. The molecule has 0 unspecified atom stereocenters. The van der Waals surface area contributed by atoms with Gasteiger partial charge in [0.15, 0.2) is 5.82 Å². The molecule has 1 fully saturated rings.